The van der Waals surface area contributed by atoms with E-state index in [1.807, 2.05) is 0 Å². The molecule has 0 saturated heterocycles. The van der Waals surface area contributed by atoms with Crippen LogP contribution in [0.3, 0.4) is 0 Å². The summed E-state index contributed by atoms with van der Waals surface area (Å²) in [5, 5.41) is 3.62. The van der Waals surface area contributed by atoms with Crippen LogP contribution in [0.5, 0.6) is 5.75 Å². The Morgan fingerprint density at radius 2 is 1.82 bits per heavy atom. The molecule has 0 amide bonds. The minimum Gasteiger partial charge on any atom is -0.443 e. The first-order valence-corrected chi connectivity index (χ1v) is 10.7. The third-order valence-electron chi connectivity index (χ3n) is 4.97. The first-order valence-electron chi connectivity index (χ1n) is 10.4. The topological polar surface area (TPSA) is 90.5 Å². The number of hydrogen-bond donors (Lipinski definition) is 1. The number of ether oxygens (including phenoxy) is 1. The summed E-state index contributed by atoms with van der Waals surface area (Å²) >= 11 is 5.96. The fourth-order valence-electron chi connectivity index (χ4n) is 3.29. The molecule has 0 unspecified atom stereocenters. The van der Waals surface area contributed by atoms with E-state index in [2.05, 4.69) is 15.3 Å². The van der Waals surface area contributed by atoms with E-state index in [0.29, 0.717) is 35.2 Å². The highest BCUT2D eigenvalue weighted by Gasteiger charge is 2.14. The maximum atomic E-state index is 13.3. The standard InChI is InChI=1S/C23H21ClFN5O3/c1-2-29-22(31)28-21(30(23(29)32)14-15-6-8-16(24)9-7-15)26-17-10-12-18(13-11-17)33-20-5-3-4-19(25)27-20/h4,6-13H,2-3,5,14H2,1H3,(H,26,28,31). The van der Waals surface area contributed by atoms with E-state index in [0.717, 1.165) is 10.1 Å². The van der Waals surface area contributed by atoms with Gasteiger partial charge in [0, 0.05) is 23.7 Å². The van der Waals surface area contributed by atoms with Crippen LogP contribution >= 0.6 is 11.6 Å². The Labute approximate surface area is 193 Å². The molecule has 1 aliphatic rings. The van der Waals surface area contributed by atoms with Crippen molar-refractivity contribution in [2.45, 2.75) is 32.9 Å². The summed E-state index contributed by atoms with van der Waals surface area (Å²) in [6, 6.07) is 13.8. The van der Waals surface area contributed by atoms with Gasteiger partial charge in [-0.05, 0) is 61.4 Å². The zero-order valence-corrected chi connectivity index (χ0v) is 18.6. The zero-order valence-electron chi connectivity index (χ0n) is 17.8. The highest BCUT2D eigenvalue weighted by atomic mass is 35.5. The van der Waals surface area contributed by atoms with E-state index < -0.39 is 17.3 Å². The average Bonchev–Trinajstić information content (AvgIpc) is 2.79. The number of aromatic nitrogens is 3. The van der Waals surface area contributed by atoms with Gasteiger partial charge in [-0.2, -0.15) is 14.4 Å². The van der Waals surface area contributed by atoms with Crippen LogP contribution in [0.25, 0.3) is 0 Å². The number of aliphatic imine (C=N–C) groups is 1. The number of nitrogens with zero attached hydrogens (tertiary/aromatic N) is 4. The smallest absolute Gasteiger partial charge is 0.354 e. The SMILES string of the molecule is CCn1c(=O)nc(Nc2ccc(OC3=NC(F)=CCC3)cc2)n(Cc2ccc(Cl)cc2)c1=O. The van der Waals surface area contributed by atoms with Gasteiger partial charge in [0.1, 0.15) is 5.75 Å². The van der Waals surface area contributed by atoms with E-state index in [1.54, 1.807) is 55.5 Å². The molecule has 0 radical (unpaired) electrons. The number of allylic oxidation sites excluding steroid dienone is 1. The molecule has 3 aromatic rings. The second-order valence-corrected chi connectivity index (χ2v) is 7.72. The first kappa shape index (κ1) is 22.5. The molecule has 1 N–H and O–H groups in total. The Morgan fingerprint density at radius 1 is 1.09 bits per heavy atom. The predicted octanol–water partition coefficient (Wildman–Crippen LogP) is 4.25. The molecular formula is C23H21ClFN5O3. The van der Waals surface area contributed by atoms with Crippen molar-refractivity contribution >= 4 is 29.1 Å². The molecule has 0 spiro atoms. The molecular weight excluding hydrogens is 449 g/mol. The number of anilines is 2. The van der Waals surface area contributed by atoms with Gasteiger partial charge < -0.3 is 10.1 Å². The van der Waals surface area contributed by atoms with Crippen molar-refractivity contribution in [3.63, 3.8) is 0 Å². The third-order valence-corrected chi connectivity index (χ3v) is 5.22. The highest BCUT2D eigenvalue weighted by Crippen LogP contribution is 2.21. The molecule has 2 aromatic carbocycles. The molecule has 8 nitrogen and oxygen atoms in total. The number of rotatable bonds is 6. The quantitative estimate of drug-likeness (QED) is 0.545. The molecule has 1 aliphatic heterocycles. The van der Waals surface area contributed by atoms with Gasteiger partial charge in [0.25, 0.3) is 0 Å². The Kier molecular flexibility index (Phi) is 6.69. The maximum Gasteiger partial charge on any atom is 0.354 e. The Morgan fingerprint density at radius 3 is 2.48 bits per heavy atom. The molecule has 0 bridgehead atoms. The van der Waals surface area contributed by atoms with Crippen molar-refractivity contribution in [2.75, 3.05) is 5.32 Å². The Bertz CT molecular complexity index is 1330. The van der Waals surface area contributed by atoms with Crippen LogP contribution in [0, 0.1) is 0 Å². The second-order valence-electron chi connectivity index (χ2n) is 7.28. The molecule has 33 heavy (non-hydrogen) atoms. The molecule has 1 aromatic heterocycles. The summed E-state index contributed by atoms with van der Waals surface area (Å²) < 4.78 is 21.4. The fraction of sp³-hybridized carbons (Fsp3) is 0.217. The van der Waals surface area contributed by atoms with Gasteiger partial charge in [-0.25, -0.2) is 14.2 Å². The third kappa shape index (κ3) is 5.38. The van der Waals surface area contributed by atoms with Gasteiger partial charge in [-0.15, -0.1) is 0 Å². The van der Waals surface area contributed by atoms with Crippen LogP contribution in [0.4, 0.5) is 16.0 Å². The fourth-order valence-corrected chi connectivity index (χ4v) is 3.42. The van der Waals surface area contributed by atoms with E-state index in [9.17, 15) is 14.0 Å². The van der Waals surface area contributed by atoms with E-state index in [4.69, 9.17) is 16.3 Å². The maximum absolute atomic E-state index is 13.3. The van der Waals surface area contributed by atoms with Crippen molar-refractivity contribution < 1.29 is 9.13 Å². The molecule has 10 heteroatoms. The van der Waals surface area contributed by atoms with Gasteiger partial charge in [-0.1, -0.05) is 23.7 Å². The van der Waals surface area contributed by atoms with Crippen molar-refractivity contribution in [1.29, 1.82) is 0 Å². The first-order chi connectivity index (χ1) is 15.9. The molecule has 0 saturated carbocycles. The van der Waals surface area contributed by atoms with Gasteiger partial charge in [-0.3, -0.25) is 4.57 Å². The lowest BCUT2D eigenvalue weighted by Gasteiger charge is -2.15. The zero-order chi connectivity index (χ0) is 23.4. The largest absolute Gasteiger partial charge is 0.443 e. The summed E-state index contributed by atoms with van der Waals surface area (Å²) in [4.78, 5) is 33.1. The minimum absolute atomic E-state index is 0.113. The molecule has 0 aliphatic carbocycles. The van der Waals surface area contributed by atoms with Gasteiger partial charge in [0.2, 0.25) is 11.9 Å². The monoisotopic (exact) mass is 469 g/mol. The van der Waals surface area contributed by atoms with Gasteiger partial charge in [0.15, 0.2) is 5.90 Å². The molecule has 0 atom stereocenters. The number of nitrogens with one attached hydrogen (secondary N) is 1. The predicted molar refractivity (Wildman–Crippen MR) is 125 cm³/mol. The number of benzene rings is 2. The lowest BCUT2D eigenvalue weighted by atomic mass is 10.2. The van der Waals surface area contributed by atoms with Crippen LogP contribution in [-0.4, -0.2) is 20.0 Å². The van der Waals surface area contributed by atoms with E-state index in [-0.39, 0.29) is 19.0 Å². The summed E-state index contributed by atoms with van der Waals surface area (Å²) in [7, 11) is 0. The second kappa shape index (κ2) is 9.83. The minimum atomic E-state index is -0.636. The van der Waals surface area contributed by atoms with Gasteiger partial charge >= 0.3 is 11.4 Å². The van der Waals surface area contributed by atoms with Crippen LogP contribution in [0.2, 0.25) is 5.02 Å². The average molecular weight is 470 g/mol. The summed E-state index contributed by atoms with van der Waals surface area (Å²) in [5.41, 5.74) is 0.304. The van der Waals surface area contributed by atoms with E-state index in [1.165, 1.54) is 10.6 Å². The van der Waals surface area contributed by atoms with Crippen LogP contribution in [0.1, 0.15) is 25.3 Å². The lowest BCUT2D eigenvalue weighted by molar-refractivity contribution is 0.511. The Balaban J connectivity index is 1.60. The van der Waals surface area contributed by atoms with Crippen LogP contribution in [0.15, 0.2) is 75.1 Å². The number of hydrogen-bond acceptors (Lipinski definition) is 6. The molecule has 2 heterocycles. The van der Waals surface area contributed by atoms with Crippen LogP contribution in [-0.2, 0) is 13.1 Å². The lowest BCUT2D eigenvalue weighted by Crippen LogP contribution is -2.42. The number of halogens is 2. The summed E-state index contributed by atoms with van der Waals surface area (Å²) in [6.07, 6.45) is 2.45. The normalized spacial score (nSPS) is 13.3. The van der Waals surface area contributed by atoms with Crippen molar-refractivity contribution in [2.24, 2.45) is 4.99 Å². The van der Waals surface area contributed by atoms with Crippen LogP contribution < -0.4 is 21.4 Å². The Hall–Kier alpha value is -3.72. The summed E-state index contributed by atoms with van der Waals surface area (Å²) in [5.74, 6) is 0.350. The molecule has 170 valence electrons. The summed E-state index contributed by atoms with van der Waals surface area (Å²) in [6.45, 7) is 2.12. The van der Waals surface area contributed by atoms with Crippen molar-refractivity contribution in [3.8, 4) is 5.75 Å². The van der Waals surface area contributed by atoms with Crippen molar-refractivity contribution in [3.05, 3.63) is 92.1 Å². The highest BCUT2D eigenvalue weighted by molar-refractivity contribution is 6.30. The molecule has 0 fully saturated rings. The van der Waals surface area contributed by atoms with E-state index >= 15 is 0 Å². The van der Waals surface area contributed by atoms with Crippen molar-refractivity contribution in [1.82, 2.24) is 14.1 Å². The van der Waals surface area contributed by atoms with Gasteiger partial charge in [0.05, 0.1) is 6.54 Å². The molecule has 4 rings (SSSR count).